The molecular weight excluding hydrogens is 274 g/mol. The molecule has 0 aromatic carbocycles. The van der Waals surface area contributed by atoms with Crippen molar-refractivity contribution in [2.45, 2.75) is 39.3 Å². The lowest BCUT2D eigenvalue weighted by Gasteiger charge is -2.44. The number of urea groups is 1. The zero-order valence-electron chi connectivity index (χ0n) is 12.7. The second-order valence-corrected chi connectivity index (χ2v) is 6.28. The van der Waals surface area contributed by atoms with Crippen LogP contribution in [0.4, 0.5) is 4.79 Å². The van der Waals surface area contributed by atoms with Crippen LogP contribution in [-0.2, 0) is 9.59 Å². The number of aliphatic carboxylic acids is 1. The van der Waals surface area contributed by atoms with Crippen LogP contribution < -0.4 is 5.32 Å². The number of piperidine rings is 1. The first-order valence-electron chi connectivity index (χ1n) is 7.38. The molecule has 0 radical (unpaired) electrons. The molecule has 2 N–H and O–H groups in total. The summed E-state index contributed by atoms with van der Waals surface area (Å²) in [6, 6.07) is -1.29. The van der Waals surface area contributed by atoms with Crippen molar-refractivity contribution in [2.24, 2.45) is 11.8 Å². The number of carbonyl (C=O) groups excluding carboxylic acids is 2. The Labute approximate surface area is 124 Å². The third-order valence-electron chi connectivity index (χ3n) is 4.56. The predicted molar refractivity (Wildman–Crippen MR) is 75.6 cm³/mol. The van der Waals surface area contributed by atoms with E-state index in [9.17, 15) is 19.5 Å². The van der Waals surface area contributed by atoms with Crippen molar-refractivity contribution in [3.05, 3.63) is 0 Å². The van der Waals surface area contributed by atoms with Gasteiger partial charge < -0.3 is 15.3 Å². The quantitative estimate of drug-likeness (QED) is 0.731. The molecule has 2 saturated heterocycles. The van der Waals surface area contributed by atoms with Crippen LogP contribution in [0.5, 0.6) is 0 Å². The number of likely N-dealkylation sites (tertiary alicyclic amines) is 1. The van der Waals surface area contributed by atoms with Gasteiger partial charge in [0.05, 0.1) is 0 Å². The van der Waals surface area contributed by atoms with Crippen LogP contribution in [0.25, 0.3) is 0 Å². The number of carboxylic acid groups (broad SMARTS) is 1. The average Bonchev–Trinajstić information content (AvgIpc) is 2.41. The smallest absolute Gasteiger partial charge is 0.328 e. The maximum atomic E-state index is 12.7. The van der Waals surface area contributed by atoms with Gasteiger partial charge in [-0.1, -0.05) is 13.8 Å². The molecule has 0 aliphatic carbocycles. The van der Waals surface area contributed by atoms with E-state index < -0.39 is 12.0 Å². The Hall–Kier alpha value is -1.79. The fourth-order valence-corrected chi connectivity index (χ4v) is 3.20. The minimum Gasteiger partial charge on any atom is -0.480 e. The summed E-state index contributed by atoms with van der Waals surface area (Å²) < 4.78 is 0. The lowest BCUT2D eigenvalue weighted by molar-refractivity contribution is -0.144. The van der Waals surface area contributed by atoms with E-state index in [0.717, 1.165) is 6.42 Å². The molecular formula is C14H23N3O4. The molecule has 4 unspecified atom stereocenters. The van der Waals surface area contributed by atoms with Crippen molar-refractivity contribution in [3.63, 3.8) is 0 Å². The van der Waals surface area contributed by atoms with Crippen molar-refractivity contribution >= 4 is 17.9 Å². The first kappa shape index (κ1) is 15.6. The Morgan fingerprint density at radius 2 is 1.90 bits per heavy atom. The summed E-state index contributed by atoms with van der Waals surface area (Å²) in [4.78, 5) is 38.4. The van der Waals surface area contributed by atoms with Crippen molar-refractivity contribution in [1.29, 1.82) is 0 Å². The SMILES string of the molecule is CC1CC(C)C(C)N(C(=O)N2CC(=O)NCC2C(=O)O)C1. The molecule has 7 heteroatoms. The van der Waals surface area contributed by atoms with Gasteiger partial charge in [0, 0.05) is 19.1 Å². The van der Waals surface area contributed by atoms with Gasteiger partial charge in [0.2, 0.25) is 5.91 Å². The topological polar surface area (TPSA) is 90.0 Å². The number of hydrogen-bond acceptors (Lipinski definition) is 3. The molecule has 118 valence electrons. The Balaban J connectivity index is 2.19. The Bertz CT molecular complexity index is 454. The van der Waals surface area contributed by atoms with Crippen LogP contribution in [0.1, 0.15) is 27.2 Å². The molecule has 2 heterocycles. The lowest BCUT2D eigenvalue weighted by Crippen LogP contribution is -2.64. The number of carbonyl (C=O) groups is 3. The van der Waals surface area contributed by atoms with Crippen LogP contribution in [-0.4, -0.2) is 64.5 Å². The maximum Gasteiger partial charge on any atom is 0.328 e. The first-order valence-corrected chi connectivity index (χ1v) is 7.38. The zero-order valence-corrected chi connectivity index (χ0v) is 12.7. The number of rotatable bonds is 1. The number of piperazine rings is 1. The van der Waals surface area contributed by atoms with Crippen LogP contribution >= 0.6 is 0 Å². The predicted octanol–water partition coefficient (Wildman–Crippen LogP) is 0.358. The normalized spacial score (nSPS) is 33.6. The van der Waals surface area contributed by atoms with Gasteiger partial charge in [-0.3, -0.25) is 9.69 Å². The highest BCUT2D eigenvalue weighted by Gasteiger charge is 2.40. The summed E-state index contributed by atoms with van der Waals surface area (Å²) in [5, 5.41) is 11.7. The van der Waals surface area contributed by atoms with Crippen molar-refractivity contribution in [3.8, 4) is 0 Å². The molecule has 4 atom stereocenters. The second kappa shape index (κ2) is 5.91. The van der Waals surface area contributed by atoms with E-state index in [1.54, 1.807) is 4.90 Å². The minimum atomic E-state index is -1.09. The van der Waals surface area contributed by atoms with Crippen molar-refractivity contribution in [2.75, 3.05) is 19.6 Å². The molecule has 2 rings (SSSR count). The van der Waals surface area contributed by atoms with Gasteiger partial charge in [-0.05, 0) is 25.2 Å². The van der Waals surface area contributed by atoms with E-state index in [1.807, 2.05) is 6.92 Å². The van der Waals surface area contributed by atoms with E-state index in [4.69, 9.17) is 0 Å². The monoisotopic (exact) mass is 297 g/mol. The first-order chi connectivity index (χ1) is 9.81. The minimum absolute atomic E-state index is 0.0345. The molecule has 2 aliphatic rings. The van der Waals surface area contributed by atoms with E-state index in [2.05, 4.69) is 19.2 Å². The van der Waals surface area contributed by atoms with Crippen molar-refractivity contribution < 1.29 is 19.5 Å². The molecule has 0 spiro atoms. The van der Waals surface area contributed by atoms with Gasteiger partial charge in [-0.2, -0.15) is 0 Å². The third-order valence-corrected chi connectivity index (χ3v) is 4.56. The van der Waals surface area contributed by atoms with E-state index >= 15 is 0 Å². The summed E-state index contributed by atoms with van der Waals surface area (Å²) in [6.07, 6.45) is 1.05. The van der Waals surface area contributed by atoms with Crippen LogP contribution in [0.15, 0.2) is 0 Å². The van der Waals surface area contributed by atoms with E-state index in [0.29, 0.717) is 18.4 Å². The van der Waals surface area contributed by atoms with Gasteiger partial charge in [0.1, 0.15) is 12.6 Å². The number of nitrogens with one attached hydrogen (secondary N) is 1. The third kappa shape index (κ3) is 3.11. The fraction of sp³-hybridized carbons (Fsp3) is 0.786. The lowest BCUT2D eigenvalue weighted by atomic mass is 9.86. The van der Waals surface area contributed by atoms with Crippen molar-refractivity contribution in [1.82, 2.24) is 15.1 Å². The van der Waals surface area contributed by atoms with Crippen LogP contribution in [0.2, 0.25) is 0 Å². The highest BCUT2D eigenvalue weighted by atomic mass is 16.4. The van der Waals surface area contributed by atoms with E-state index in [-0.39, 0.29) is 31.1 Å². The maximum absolute atomic E-state index is 12.7. The Kier molecular flexibility index (Phi) is 4.39. The number of nitrogens with zero attached hydrogens (tertiary/aromatic N) is 2. The fourth-order valence-electron chi connectivity index (χ4n) is 3.20. The van der Waals surface area contributed by atoms with E-state index in [1.165, 1.54) is 4.90 Å². The van der Waals surface area contributed by atoms with Crippen LogP contribution in [0, 0.1) is 11.8 Å². The average molecular weight is 297 g/mol. The Morgan fingerprint density at radius 3 is 2.52 bits per heavy atom. The summed E-state index contributed by atoms with van der Waals surface area (Å²) in [7, 11) is 0. The molecule has 2 fully saturated rings. The van der Waals surface area contributed by atoms with Gasteiger partial charge in [-0.25, -0.2) is 9.59 Å². The molecule has 0 saturated carbocycles. The summed E-state index contributed by atoms with van der Waals surface area (Å²) in [5.41, 5.74) is 0. The standard InChI is InChI=1S/C14H23N3O4/c1-8-4-9(2)10(3)16(6-8)14(21)17-7-12(18)15-5-11(17)13(19)20/h8-11H,4-7H2,1-3H3,(H,15,18)(H,19,20). The number of amides is 3. The Morgan fingerprint density at radius 1 is 1.24 bits per heavy atom. The molecule has 3 amide bonds. The van der Waals surface area contributed by atoms with Gasteiger partial charge >= 0.3 is 12.0 Å². The largest absolute Gasteiger partial charge is 0.480 e. The summed E-state index contributed by atoms with van der Waals surface area (Å²) in [6.45, 7) is 6.54. The summed E-state index contributed by atoms with van der Waals surface area (Å²) in [5.74, 6) is -0.664. The highest BCUT2D eigenvalue weighted by molar-refractivity contribution is 5.90. The molecule has 21 heavy (non-hydrogen) atoms. The van der Waals surface area contributed by atoms with Gasteiger partial charge in [0.25, 0.3) is 0 Å². The van der Waals surface area contributed by atoms with Gasteiger partial charge in [-0.15, -0.1) is 0 Å². The number of carboxylic acids is 1. The van der Waals surface area contributed by atoms with Crippen LogP contribution in [0.3, 0.4) is 0 Å². The zero-order chi connectivity index (χ0) is 15.7. The molecule has 0 aromatic rings. The highest BCUT2D eigenvalue weighted by Crippen LogP contribution is 2.28. The number of hydrogen-bond donors (Lipinski definition) is 2. The molecule has 2 aliphatic heterocycles. The second-order valence-electron chi connectivity index (χ2n) is 6.28. The molecule has 7 nitrogen and oxygen atoms in total. The molecule has 0 aromatic heterocycles. The summed E-state index contributed by atoms with van der Waals surface area (Å²) >= 11 is 0. The van der Waals surface area contributed by atoms with Gasteiger partial charge in [0.15, 0.2) is 0 Å². The molecule has 0 bridgehead atoms.